The minimum Gasteiger partial charge on any atom is -0.381 e. The summed E-state index contributed by atoms with van der Waals surface area (Å²) >= 11 is 3.45. The van der Waals surface area contributed by atoms with Crippen LogP contribution in [0.1, 0.15) is 18.9 Å². The zero-order valence-electron chi connectivity index (χ0n) is 12.3. The highest BCUT2D eigenvalue weighted by Gasteiger charge is 2.04. The number of anilines is 1. The summed E-state index contributed by atoms with van der Waals surface area (Å²) in [5, 5.41) is 3.49. The van der Waals surface area contributed by atoms with Crippen molar-refractivity contribution in [2.24, 2.45) is 0 Å². The van der Waals surface area contributed by atoms with Gasteiger partial charge in [0, 0.05) is 31.2 Å². The maximum atomic E-state index is 4.56. The van der Waals surface area contributed by atoms with Crippen molar-refractivity contribution in [2.75, 3.05) is 11.6 Å². The van der Waals surface area contributed by atoms with E-state index >= 15 is 0 Å². The zero-order valence-corrected chi connectivity index (χ0v) is 13.9. The summed E-state index contributed by atoms with van der Waals surface area (Å²) in [6.07, 6.45) is 7.60. The van der Waals surface area contributed by atoms with Crippen LogP contribution in [0.3, 0.4) is 0 Å². The monoisotopic (exact) mass is 317 g/mol. The summed E-state index contributed by atoms with van der Waals surface area (Å²) in [7, 11) is 0. The topological polar surface area (TPSA) is 29.9 Å². The summed E-state index contributed by atoms with van der Waals surface area (Å²) in [4.78, 5) is 4.56. The van der Waals surface area contributed by atoms with Gasteiger partial charge in [-0.1, -0.05) is 18.7 Å². The van der Waals surface area contributed by atoms with E-state index in [1.807, 2.05) is 0 Å². The van der Waals surface area contributed by atoms with Crippen molar-refractivity contribution < 1.29 is 0 Å². The maximum absolute atomic E-state index is 4.56. The minimum absolute atomic E-state index is 0.858. The zero-order chi connectivity index (χ0) is 14.7. The van der Waals surface area contributed by atoms with Crippen LogP contribution in [-0.2, 0) is 13.1 Å². The van der Waals surface area contributed by atoms with E-state index in [4.69, 9.17) is 0 Å². The maximum Gasteiger partial charge on any atom is 0.150 e. The average Bonchev–Trinajstić information content (AvgIpc) is 3.11. The molecule has 0 fully saturated rings. The molecule has 2 heterocycles. The molecule has 1 N–H and O–H groups in total. The fourth-order valence-corrected chi connectivity index (χ4v) is 3.83. The van der Waals surface area contributed by atoms with Crippen LogP contribution in [0.25, 0.3) is 10.2 Å². The third-order valence-electron chi connectivity index (χ3n) is 3.33. The van der Waals surface area contributed by atoms with Crippen LogP contribution in [0.5, 0.6) is 0 Å². The third-order valence-corrected chi connectivity index (χ3v) is 5.34. The van der Waals surface area contributed by atoms with Crippen molar-refractivity contribution in [3.8, 4) is 0 Å². The predicted octanol–water partition coefficient (Wildman–Crippen LogP) is 4.84. The molecule has 1 aromatic carbocycles. The van der Waals surface area contributed by atoms with E-state index in [0.29, 0.717) is 0 Å². The summed E-state index contributed by atoms with van der Waals surface area (Å²) in [5.41, 5.74) is 3.56. The van der Waals surface area contributed by atoms with Crippen molar-refractivity contribution in [2.45, 2.75) is 30.8 Å². The van der Waals surface area contributed by atoms with Crippen LogP contribution >= 0.6 is 23.1 Å². The molecule has 0 spiro atoms. The van der Waals surface area contributed by atoms with Gasteiger partial charge in [0.05, 0.1) is 10.2 Å². The second-order valence-electron chi connectivity index (χ2n) is 4.98. The second-order valence-corrected chi connectivity index (χ2v) is 7.06. The van der Waals surface area contributed by atoms with Crippen LogP contribution in [0.2, 0.25) is 0 Å². The van der Waals surface area contributed by atoms with E-state index in [1.54, 1.807) is 23.1 Å². The number of hydrogen-bond donors (Lipinski definition) is 1. The molecule has 0 unspecified atom stereocenters. The van der Waals surface area contributed by atoms with Crippen LogP contribution in [-0.4, -0.2) is 15.8 Å². The Labute approximate surface area is 133 Å². The Hall–Kier alpha value is -1.46. The number of thiazole rings is 1. The molecule has 3 aromatic rings. The lowest BCUT2D eigenvalue weighted by Gasteiger charge is -2.05. The lowest BCUT2D eigenvalue weighted by molar-refractivity contribution is 0.682. The van der Waals surface area contributed by atoms with Crippen LogP contribution in [0.15, 0.2) is 41.0 Å². The normalized spacial score (nSPS) is 11.1. The largest absolute Gasteiger partial charge is 0.381 e. The number of thioether (sulfide) groups is 1. The molecule has 0 saturated heterocycles. The molecule has 0 aliphatic rings. The van der Waals surface area contributed by atoms with Gasteiger partial charge in [-0.25, -0.2) is 4.98 Å². The Balaban J connectivity index is 1.69. The van der Waals surface area contributed by atoms with Crippen molar-refractivity contribution in [3.05, 3.63) is 42.2 Å². The quantitative estimate of drug-likeness (QED) is 0.660. The molecule has 21 heavy (non-hydrogen) atoms. The second kappa shape index (κ2) is 6.54. The fraction of sp³-hybridized carbons (Fsp3) is 0.312. The average molecular weight is 317 g/mol. The fourth-order valence-electron chi connectivity index (χ4n) is 2.30. The number of rotatable bonds is 6. The first kappa shape index (κ1) is 14.5. The number of aryl methyl sites for hydroxylation is 1. The number of nitrogens with one attached hydrogen (secondary N) is 1. The Morgan fingerprint density at radius 2 is 2.24 bits per heavy atom. The molecule has 0 radical (unpaired) electrons. The summed E-state index contributed by atoms with van der Waals surface area (Å²) in [6, 6.07) is 8.57. The number of benzene rings is 1. The van der Waals surface area contributed by atoms with Gasteiger partial charge >= 0.3 is 0 Å². The van der Waals surface area contributed by atoms with Crippen molar-refractivity contribution in [3.63, 3.8) is 0 Å². The Bertz CT molecular complexity index is 730. The van der Waals surface area contributed by atoms with Crippen molar-refractivity contribution >= 4 is 39.0 Å². The van der Waals surface area contributed by atoms with Gasteiger partial charge in [0.15, 0.2) is 4.34 Å². The van der Waals surface area contributed by atoms with Gasteiger partial charge in [-0.05, 0) is 42.5 Å². The number of fused-ring (bicyclic) bond motifs is 1. The van der Waals surface area contributed by atoms with E-state index < -0.39 is 0 Å². The Kier molecular flexibility index (Phi) is 4.51. The highest BCUT2D eigenvalue weighted by atomic mass is 32.2. The SMILES string of the molecule is CCCn1ccc(CNc2ccc3nc(SC)sc3c2)c1. The number of aromatic nitrogens is 2. The lowest BCUT2D eigenvalue weighted by Crippen LogP contribution is -1.98. The van der Waals surface area contributed by atoms with E-state index in [2.05, 4.69) is 64.7 Å². The van der Waals surface area contributed by atoms with Gasteiger partial charge in [-0.15, -0.1) is 11.3 Å². The molecule has 5 heteroatoms. The van der Waals surface area contributed by atoms with Gasteiger partial charge in [-0.2, -0.15) is 0 Å². The third kappa shape index (κ3) is 3.41. The summed E-state index contributed by atoms with van der Waals surface area (Å²) in [6.45, 7) is 4.14. The van der Waals surface area contributed by atoms with Gasteiger partial charge < -0.3 is 9.88 Å². The van der Waals surface area contributed by atoms with Crippen molar-refractivity contribution in [1.82, 2.24) is 9.55 Å². The van der Waals surface area contributed by atoms with Crippen molar-refractivity contribution in [1.29, 1.82) is 0 Å². The van der Waals surface area contributed by atoms with E-state index in [0.717, 1.165) is 28.6 Å². The van der Waals surface area contributed by atoms with E-state index in [9.17, 15) is 0 Å². The van der Waals surface area contributed by atoms with Gasteiger partial charge in [0.2, 0.25) is 0 Å². The van der Waals surface area contributed by atoms with Gasteiger partial charge in [0.25, 0.3) is 0 Å². The molecule has 3 nitrogen and oxygen atoms in total. The van der Waals surface area contributed by atoms with E-state index in [1.165, 1.54) is 16.7 Å². The highest BCUT2D eigenvalue weighted by molar-refractivity contribution is 8.00. The molecule has 0 saturated carbocycles. The molecule has 0 atom stereocenters. The Morgan fingerprint density at radius 1 is 1.33 bits per heavy atom. The Morgan fingerprint density at radius 3 is 3.05 bits per heavy atom. The van der Waals surface area contributed by atoms with Crippen LogP contribution in [0, 0.1) is 0 Å². The molecule has 110 valence electrons. The minimum atomic E-state index is 0.858. The first-order valence-electron chi connectivity index (χ1n) is 7.11. The molecule has 3 rings (SSSR count). The standard InChI is InChI=1S/C16H19N3S2/c1-3-7-19-8-6-12(11-19)10-17-13-4-5-14-15(9-13)21-16(18-14)20-2/h4-6,8-9,11,17H,3,7,10H2,1-2H3. The highest BCUT2D eigenvalue weighted by Crippen LogP contribution is 2.30. The summed E-state index contributed by atoms with van der Waals surface area (Å²) in [5.74, 6) is 0. The van der Waals surface area contributed by atoms with E-state index in [-0.39, 0.29) is 0 Å². The first-order valence-corrected chi connectivity index (χ1v) is 9.15. The first-order chi connectivity index (χ1) is 10.3. The summed E-state index contributed by atoms with van der Waals surface area (Å²) < 4.78 is 4.61. The number of nitrogens with zero attached hydrogens (tertiary/aromatic N) is 2. The predicted molar refractivity (Wildman–Crippen MR) is 93.5 cm³/mol. The molecule has 0 aliphatic carbocycles. The lowest BCUT2D eigenvalue weighted by atomic mass is 10.2. The van der Waals surface area contributed by atoms with Crippen LogP contribution < -0.4 is 5.32 Å². The molecule has 0 amide bonds. The number of hydrogen-bond acceptors (Lipinski definition) is 4. The molecule has 0 bridgehead atoms. The molecular weight excluding hydrogens is 298 g/mol. The smallest absolute Gasteiger partial charge is 0.150 e. The molecule has 0 aliphatic heterocycles. The van der Waals surface area contributed by atoms with Gasteiger partial charge in [0.1, 0.15) is 0 Å². The molecular formula is C16H19N3S2. The van der Waals surface area contributed by atoms with Crippen LogP contribution in [0.4, 0.5) is 5.69 Å². The molecule has 2 aromatic heterocycles. The van der Waals surface area contributed by atoms with Gasteiger partial charge in [-0.3, -0.25) is 0 Å².